The van der Waals surface area contributed by atoms with Crippen molar-refractivity contribution in [3.05, 3.63) is 17.8 Å². The minimum atomic E-state index is 0.425. The molecular formula is C13H22N2O2. The highest BCUT2D eigenvalue weighted by Crippen LogP contribution is 2.25. The zero-order valence-corrected chi connectivity index (χ0v) is 10.6. The number of nitrogens with zero attached hydrogens (tertiary/aromatic N) is 1. The van der Waals surface area contributed by atoms with Gasteiger partial charge in [-0.2, -0.15) is 0 Å². The number of ether oxygens (including phenoxy) is 1. The first-order valence-electron chi connectivity index (χ1n) is 6.63. The molecule has 0 aliphatic carbocycles. The molecule has 1 aliphatic rings. The quantitative estimate of drug-likeness (QED) is 0.739. The molecule has 0 spiro atoms. The van der Waals surface area contributed by atoms with E-state index in [1.165, 1.54) is 6.42 Å². The fraction of sp³-hybridized carbons (Fsp3) is 0.769. The Balaban J connectivity index is 1.70. The van der Waals surface area contributed by atoms with E-state index in [9.17, 15) is 0 Å². The second kappa shape index (κ2) is 6.77. The van der Waals surface area contributed by atoms with Crippen LogP contribution >= 0.6 is 0 Å². The van der Waals surface area contributed by atoms with E-state index in [1.54, 1.807) is 0 Å². The lowest BCUT2D eigenvalue weighted by atomic mass is 10.1. The standard InChI is InChI=1S/C13H22N2O2/c1-2-6-14-7-3-4-13-15-9-12(17-13)11-5-8-16-10-11/h9,11,14H,2-8,10H2,1H3. The van der Waals surface area contributed by atoms with E-state index >= 15 is 0 Å². The number of hydrogen-bond acceptors (Lipinski definition) is 4. The number of nitrogens with one attached hydrogen (secondary N) is 1. The minimum Gasteiger partial charge on any atom is -0.445 e. The first-order valence-corrected chi connectivity index (χ1v) is 6.63. The van der Waals surface area contributed by atoms with Gasteiger partial charge in [-0.15, -0.1) is 0 Å². The molecule has 0 amide bonds. The summed E-state index contributed by atoms with van der Waals surface area (Å²) >= 11 is 0. The van der Waals surface area contributed by atoms with Crippen molar-refractivity contribution in [3.63, 3.8) is 0 Å². The summed E-state index contributed by atoms with van der Waals surface area (Å²) in [5.41, 5.74) is 0. The van der Waals surface area contributed by atoms with Crippen molar-refractivity contribution in [2.24, 2.45) is 0 Å². The van der Waals surface area contributed by atoms with Crippen molar-refractivity contribution < 1.29 is 9.15 Å². The van der Waals surface area contributed by atoms with Crippen LogP contribution in [0.25, 0.3) is 0 Å². The fourth-order valence-electron chi connectivity index (χ4n) is 2.05. The molecule has 0 saturated carbocycles. The molecule has 4 heteroatoms. The van der Waals surface area contributed by atoms with Crippen LogP contribution in [0.1, 0.15) is 43.8 Å². The van der Waals surface area contributed by atoms with E-state index in [0.717, 1.165) is 57.2 Å². The van der Waals surface area contributed by atoms with Gasteiger partial charge < -0.3 is 14.5 Å². The maximum absolute atomic E-state index is 5.76. The van der Waals surface area contributed by atoms with Crippen LogP contribution in [0.15, 0.2) is 10.6 Å². The highest BCUT2D eigenvalue weighted by Gasteiger charge is 2.21. The summed E-state index contributed by atoms with van der Waals surface area (Å²) in [6.07, 6.45) is 6.12. The van der Waals surface area contributed by atoms with Crippen LogP contribution in [0.5, 0.6) is 0 Å². The van der Waals surface area contributed by atoms with Gasteiger partial charge in [-0.1, -0.05) is 6.92 Å². The second-order valence-corrected chi connectivity index (χ2v) is 4.57. The third kappa shape index (κ3) is 3.82. The maximum Gasteiger partial charge on any atom is 0.194 e. The predicted molar refractivity (Wildman–Crippen MR) is 66.2 cm³/mol. The summed E-state index contributed by atoms with van der Waals surface area (Å²) in [5, 5.41) is 3.38. The fourth-order valence-corrected chi connectivity index (χ4v) is 2.05. The average Bonchev–Trinajstić information content (AvgIpc) is 2.99. The number of oxazole rings is 1. The van der Waals surface area contributed by atoms with Crippen LogP contribution in [0.2, 0.25) is 0 Å². The van der Waals surface area contributed by atoms with Gasteiger partial charge >= 0.3 is 0 Å². The Hall–Kier alpha value is -0.870. The van der Waals surface area contributed by atoms with Gasteiger partial charge in [0.1, 0.15) is 5.76 Å². The zero-order chi connectivity index (χ0) is 11.9. The Morgan fingerprint density at radius 1 is 1.47 bits per heavy atom. The molecule has 1 saturated heterocycles. The van der Waals surface area contributed by atoms with Gasteiger partial charge in [-0.3, -0.25) is 0 Å². The molecule has 96 valence electrons. The third-order valence-electron chi connectivity index (χ3n) is 3.07. The molecule has 0 radical (unpaired) electrons. The van der Waals surface area contributed by atoms with Crippen LogP contribution in [0.4, 0.5) is 0 Å². The molecular weight excluding hydrogens is 216 g/mol. The molecule has 1 aromatic rings. The van der Waals surface area contributed by atoms with Crippen molar-refractivity contribution >= 4 is 0 Å². The molecule has 1 N–H and O–H groups in total. The zero-order valence-electron chi connectivity index (χ0n) is 10.6. The number of aromatic nitrogens is 1. The maximum atomic E-state index is 5.76. The van der Waals surface area contributed by atoms with Crippen LogP contribution in [0, 0.1) is 0 Å². The van der Waals surface area contributed by atoms with Gasteiger partial charge in [0.15, 0.2) is 5.89 Å². The van der Waals surface area contributed by atoms with Crippen LogP contribution < -0.4 is 5.32 Å². The van der Waals surface area contributed by atoms with E-state index in [1.807, 2.05) is 6.20 Å². The van der Waals surface area contributed by atoms with Crippen molar-refractivity contribution in [1.29, 1.82) is 0 Å². The molecule has 1 unspecified atom stereocenters. The largest absolute Gasteiger partial charge is 0.445 e. The molecule has 1 fully saturated rings. The summed E-state index contributed by atoms with van der Waals surface area (Å²) in [4.78, 5) is 4.33. The lowest BCUT2D eigenvalue weighted by Gasteiger charge is -2.02. The number of rotatable bonds is 7. The Bertz CT molecular complexity index is 319. The van der Waals surface area contributed by atoms with Crippen LogP contribution in [-0.2, 0) is 11.2 Å². The van der Waals surface area contributed by atoms with Crippen LogP contribution in [-0.4, -0.2) is 31.3 Å². The van der Waals surface area contributed by atoms with Crippen molar-refractivity contribution in [2.75, 3.05) is 26.3 Å². The Kier molecular flexibility index (Phi) is 5.01. The van der Waals surface area contributed by atoms with Crippen molar-refractivity contribution in [2.45, 2.75) is 38.5 Å². The van der Waals surface area contributed by atoms with E-state index in [0.29, 0.717) is 5.92 Å². The minimum absolute atomic E-state index is 0.425. The summed E-state index contributed by atoms with van der Waals surface area (Å²) in [6.45, 7) is 5.94. The predicted octanol–water partition coefficient (Wildman–Crippen LogP) is 2.11. The van der Waals surface area contributed by atoms with Gasteiger partial charge in [0.25, 0.3) is 0 Å². The van der Waals surface area contributed by atoms with Crippen molar-refractivity contribution in [1.82, 2.24) is 10.3 Å². The van der Waals surface area contributed by atoms with Gasteiger partial charge in [0, 0.05) is 18.9 Å². The van der Waals surface area contributed by atoms with E-state index in [-0.39, 0.29) is 0 Å². The first kappa shape index (κ1) is 12.6. The summed E-state index contributed by atoms with van der Waals surface area (Å²) in [7, 11) is 0. The number of hydrogen-bond donors (Lipinski definition) is 1. The van der Waals surface area contributed by atoms with Crippen molar-refractivity contribution in [3.8, 4) is 0 Å². The topological polar surface area (TPSA) is 47.3 Å². The molecule has 1 aromatic heterocycles. The second-order valence-electron chi connectivity index (χ2n) is 4.57. The lowest BCUT2D eigenvalue weighted by Crippen LogP contribution is -2.16. The molecule has 0 bridgehead atoms. The number of aryl methyl sites for hydroxylation is 1. The highest BCUT2D eigenvalue weighted by molar-refractivity contribution is 5.03. The van der Waals surface area contributed by atoms with Gasteiger partial charge in [0.05, 0.1) is 12.8 Å². The molecule has 2 rings (SSSR count). The molecule has 0 aromatic carbocycles. The summed E-state index contributed by atoms with van der Waals surface area (Å²) < 4.78 is 11.1. The molecule has 4 nitrogen and oxygen atoms in total. The third-order valence-corrected chi connectivity index (χ3v) is 3.07. The van der Waals surface area contributed by atoms with Gasteiger partial charge in [0.2, 0.25) is 0 Å². The van der Waals surface area contributed by atoms with E-state index < -0.39 is 0 Å². The smallest absolute Gasteiger partial charge is 0.194 e. The van der Waals surface area contributed by atoms with Gasteiger partial charge in [-0.25, -0.2) is 4.98 Å². The SMILES string of the molecule is CCCNCCCc1ncc(C2CCOC2)o1. The molecule has 17 heavy (non-hydrogen) atoms. The molecule has 1 aliphatic heterocycles. The normalized spacial score (nSPS) is 19.9. The van der Waals surface area contributed by atoms with E-state index in [2.05, 4.69) is 17.2 Å². The Morgan fingerprint density at radius 2 is 2.41 bits per heavy atom. The summed E-state index contributed by atoms with van der Waals surface area (Å²) in [6, 6.07) is 0. The van der Waals surface area contributed by atoms with Crippen LogP contribution in [0.3, 0.4) is 0 Å². The Morgan fingerprint density at radius 3 is 3.18 bits per heavy atom. The monoisotopic (exact) mass is 238 g/mol. The Labute approximate surface area is 103 Å². The summed E-state index contributed by atoms with van der Waals surface area (Å²) in [5.74, 6) is 2.29. The lowest BCUT2D eigenvalue weighted by molar-refractivity contribution is 0.191. The molecule has 1 atom stereocenters. The van der Waals surface area contributed by atoms with Gasteiger partial charge in [-0.05, 0) is 32.4 Å². The average molecular weight is 238 g/mol. The molecule has 2 heterocycles. The first-order chi connectivity index (χ1) is 8.40. The highest BCUT2D eigenvalue weighted by atomic mass is 16.5. The van der Waals surface area contributed by atoms with E-state index in [4.69, 9.17) is 9.15 Å².